The lowest BCUT2D eigenvalue weighted by Crippen LogP contribution is -2.26. The van der Waals surface area contributed by atoms with Crippen LogP contribution in [-0.2, 0) is 0 Å². The molecule has 7 nitrogen and oxygen atoms in total. The van der Waals surface area contributed by atoms with Crippen molar-refractivity contribution in [1.82, 2.24) is 4.98 Å². The summed E-state index contributed by atoms with van der Waals surface area (Å²) in [6, 6.07) is 8.45. The third kappa shape index (κ3) is 3.26. The van der Waals surface area contributed by atoms with Gasteiger partial charge in [-0.3, -0.25) is 14.9 Å². The molecule has 1 aromatic carbocycles. The number of aromatic nitrogens is 1. The lowest BCUT2D eigenvalue weighted by molar-refractivity contribution is -0.384. The van der Waals surface area contributed by atoms with Crippen LogP contribution in [0.15, 0.2) is 36.4 Å². The number of nitrogens with two attached hydrogens (primary N) is 1. The first-order valence-corrected chi connectivity index (χ1v) is 6.22. The average molecular weight is 307 g/mol. The van der Waals surface area contributed by atoms with Crippen molar-refractivity contribution in [2.75, 3.05) is 17.7 Å². The fourth-order valence-corrected chi connectivity index (χ4v) is 1.96. The quantitative estimate of drug-likeness (QED) is 0.533. The molecule has 2 rings (SSSR count). The number of nitro benzene ring substituents is 1. The summed E-state index contributed by atoms with van der Waals surface area (Å²) in [5.41, 5.74) is 6.30. The van der Waals surface area contributed by atoms with Crippen molar-refractivity contribution in [3.63, 3.8) is 0 Å². The Labute approximate surface area is 125 Å². The summed E-state index contributed by atoms with van der Waals surface area (Å²) in [4.78, 5) is 27.5. The predicted octanol–water partition coefficient (Wildman–Crippen LogP) is 2.50. The first-order chi connectivity index (χ1) is 9.88. The number of halogens is 1. The molecule has 0 aliphatic carbocycles. The summed E-state index contributed by atoms with van der Waals surface area (Å²) < 4.78 is 0. The van der Waals surface area contributed by atoms with E-state index in [0.717, 1.165) is 0 Å². The Balaban J connectivity index is 2.28. The first-order valence-electron chi connectivity index (χ1n) is 5.84. The Morgan fingerprint density at radius 2 is 1.95 bits per heavy atom. The largest absolute Gasteiger partial charge is 0.384 e. The Morgan fingerprint density at radius 1 is 1.33 bits per heavy atom. The van der Waals surface area contributed by atoms with E-state index >= 15 is 0 Å². The van der Waals surface area contributed by atoms with Gasteiger partial charge in [-0.15, -0.1) is 0 Å². The molecule has 1 heterocycles. The zero-order valence-corrected chi connectivity index (χ0v) is 11.7. The molecule has 0 saturated heterocycles. The normalized spacial score (nSPS) is 10.2. The predicted molar refractivity (Wildman–Crippen MR) is 79.5 cm³/mol. The van der Waals surface area contributed by atoms with Gasteiger partial charge in [0.15, 0.2) is 0 Å². The highest BCUT2D eigenvalue weighted by Gasteiger charge is 2.16. The van der Waals surface area contributed by atoms with Gasteiger partial charge in [0.1, 0.15) is 11.0 Å². The third-order valence-electron chi connectivity index (χ3n) is 2.81. The van der Waals surface area contributed by atoms with Crippen LogP contribution in [0.3, 0.4) is 0 Å². The van der Waals surface area contributed by atoms with Crippen LogP contribution in [0.2, 0.25) is 5.15 Å². The number of hydrogen-bond acceptors (Lipinski definition) is 5. The second-order valence-electron chi connectivity index (χ2n) is 4.24. The number of non-ortho nitro benzene ring substituents is 1. The Morgan fingerprint density at radius 3 is 2.48 bits per heavy atom. The van der Waals surface area contributed by atoms with Crippen molar-refractivity contribution in [2.24, 2.45) is 0 Å². The zero-order valence-electron chi connectivity index (χ0n) is 11.0. The van der Waals surface area contributed by atoms with E-state index in [1.165, 1.54) is 41.3 Å². The number of pyridine rings is 1. The number of carbonyl (C=O) groups excluding carboxylic acids is 1. The summed E-state index contributed by atoms with van der Waals surface area (Å²) in [7, 11) is 1.55. The number of nitro groups is 1. The molecule has 0 bridgehead atoms. The van der Waals surface area contributed by atoms with Gasteiger partial charge in [-0.2, -0.15) is 0 Å². The number of benzene rings is 1. The summed E-state index contributed by atoms with van der Waals surface area (Å²) in [5.74, 6) is -0.206. The smallest absolute Gasteiger partial charge is 0.269 e. The van der Waals surface area contributed by atoms with Crippen LogP contribution in [0, 0.1) is 10.1 Å². The molecule has 2 N–H and O–H groups in total. The highest BCUT2D eigenvalue weighted by atomic mass is 35.5. The van der Waals surface area contributed by atoms with E-state index in [-0.39, 0.29) is 28.1 Å². The van der Waals surface area contributed by atoms with Crippen molar-refractivity contribution >= 4 is 34.7 Å². The monoisotopic (exact) mass is 306 g/mol. The number of nitrogens with zero attached hydrogens (tertiary/aromatic N) is 3. The summed E-state index contributed by atoms with van der Waals surface area (Å²) >= 11 is 5.76. The van der Waals surface area contributed by atoms with Gasteiger partial charge in [0.2, 0.25) is 0 Å². The van der Waals surface area contributed by atoms with E-state index < -0.39 is 4.92 Å². The number of rotatable bonds is 3. The molecule has 0 fully saturated rings. The Bertz CT molecular complexity index is 683. The van der Waals surface area contributed by atoms with Crippen LogP contribution >= 0.6 is 11.6 Å². The number of nitrogen functional groups attached to an aromatic ring is 1. The van der Waals surface area contributed by atoms with E-state index in [9.17, 15) is 14.9 Å². The molecule has 0 aliphatic rings. The average Bonchev–Trinajstić information content (AvgIpc) is 2.44. The van der Waals surface area contributed by atoms with Crippen molar-refractivity contribution in [3.05, 3.63) is 57.2 Å². The number of carbonyl (C=O) groups is 1. The molecule has 1 aromatic heterocycles. The van der Waals surface area contributed by atoms with E-state index in [1.807, 2.05) is 0 Å². The second-order valence-corrected chi connectivity index (χ2v) is 4.63. The van der Waals surface area contributed by atoms with Gasteiger partial charge < -0.3 is 10.6 Å². The standard InChI is InChI=1S/C13H11ClN4O3/c1-17(9-2-4-10(5-3-9)18(20)21)13(19)8-6-11(14)16-12(15)7-8/h2-7H,1H3,(H2,15,16). The van der Waals surface area contributed by atoms with Crippen LogP contribution in [0.4, 0.5) is 17.2 Å². The zero-order chi connectivity index (χ0) is 15.6. The Kier molecular flexibility index (Phi) is 4.04. The maximum absolute atomic E-state index is 12.3. The van der Waals surface area contributed by atoms with Crippen LogP contribution < -0.4 is 10.6 Å². The Hall–Kier alpha value is -2.67. The third-order valence-corrected chi connectivity index (χ3v) is 3.01. The molecule has 108 valence electrons. The van der Waals surface area contributed by atoms with Gasteiger partial charge in [0.25, 0.3) is 11.6 Å². The molecule has 0 aliphatic heterocycles. The lowest BCUT2D eigenvalue weighted by atomic mass is 10.2. The van der Waals surface area contributed by atoms with Gasteiger partial charge in [0, 0.05) is 30.4 Å². The second kappa shape index (κ2) is 5.76. The topological polar surface area (TPSA) is 102 Å². The molecule has 1 amide bonds. The van der Waals surface area contributed by atoms with Gasteiger partial charge in [-0.25, -0.2) is 4.98 Å². The summed E-state index contributed by atoms with van der Waals surface area (Å²) in [6.07, 6.45) is 0. The van der Waals surface area contributed by atoms with Gasteiger partial charge in [-0.05, 0) is 24.3 Å². The van der Waals surface area contributed by atoms with Gasteiger partial charge >= 0.3 is 0 Å². The van der Waals surface area contributed by atoms with Crippen LogP contribution in [-0.4, -0.2) is 22.9 Å². The molecule has 8 heteroatoms. The SMILES string of the molecule is CN(C(=O)c1cc(N)nc(Cl)c1)c1ccc([N+](=O)[O-])cc1. The molecule has 0 saturated carbocycles. The van der Waals surface area contributed by atoms with Crippen LogP contribution in [0.1, 0.15) is 10.4 Å². The van der Waals surface area contributed by atoms with E-state index in [0.29, 0.717) is 5.69 Å². The molecule has 2 aromatic rings. The summed E-state index contributed by atoms with van der Waals surface area (Å²) in [6.45, 7) is 0. The molecule has 0 atom stereocenters. The van der Waals surface area contributed by atoms with E-state index in [4.69, 9.17) is 17.3 Å². The maximum atomic E-state index is 12.3. The molecular weight excluding hydrogens is 296 g/mol. The molecule has 0 radical (unpaired) electrons. The van der Waals surface area contributed by atoms with Crippen molar-refractivity contribution < 1.29 is 9.72 Å². The van der Waals surface area contributed by atoms with Crippen LogP contribution in [0.25, 0.3) is 0 Å². The minimum absolute atomic E-state index is 0.0456. The van der Waals surface area contributed by atoms with Gasteiger partial charge in [-0.1, -0.05) is 11.6 Å². The highest BCUT2D eigenvalue weighted by Crippen LogP contribution is 2.21. The number of amides is 1. The highest BCUT2D eigenvalue weighted by molar-refractivity contribution is 6.30. The minimum Gasteiger partial charge on any atom is -0.384 e. The fourth-order valence-electron chi connectivity index (χ4n) is 1.75. The molecular formula is C13H11ClN4O3. The van der Waals surface area contributed by atoms with E-state index in [1.54, 1.807) is 7.05 Å². The summed E-state index contributed by atoms with van der Waals surface area (Å²) in [5, 5.41) is 10.7. The maximum Gasteiger partial charge on any atom is 0.269 e. The lowest BCUT2D eigenvalue weighted by Gasteiger charge is -2.17. The molecule has 0 unspecified atom stereocenters. The number of anilines is 2. The van der Waals surface area contributed by atoms with E-state index in [2.05, 4.69) is 4.98 Å². The van der Waals surface area contributed by atoms with Crippen molar-refractivity contribution in [3.8, 4) is 0 Å². The molecule has 0 spiro atoms. The fraction of sp³-hybridized carbons (Fsp3) is 0.0769. The number of hydrogen-bond donors (Lipinski definition) is 1. The van der Waals surface area contributed by atoms with Crippen LogP contribution in [0.5, 0.6) is 0 Å². The van der Waals surface area contributed by atoms with Crippen molar-refractivity contribution in [1.29, 1.82) is 0 Å². The first kappa shape index (κ1) is 14.7. The molecule has 21 heavy (non-hydrogen) atoms. The van der Waals surface area contributed by atoms with Gasteiger partial charge in [0.05, 0.1) is 4.92 Å². The minimum atomic E-state index is -0.505. The van der Waals surface area contributed by atoms with Crippen molar-refractivity contribution in [2.45, 2.75) is 0 Å².